The van der Waals surface area contributed by atoms with E-state index < -0.39 is 0 Å². The van der Waals surface area contributed by atoms with E-state index in [-0.39, 0.29) is 0 Å². The van der Waals surface area contributed by atoms with Crippen LogP contribution >= 0.6 is 0 Å². The van der Waals surface area contributed by atoms with Crippen LogP contribution in [0.15, 0.2) is 54.6 Å². The van der Waals surface area contributed by atoms with Gasteiger partial charge in [-0.3, -0.25) is 0 Å². The van der Waals surface area contributed by atoms with Crippen LogP contribution in [-0.2, 0) is 13.0 Å². The first-order chi connectivity index (χ1) is 11.1. The van der Waals surface area contributed by atoms with Crippen molar-refractivity contribution in [1.29, 1.82) is 0 Å². The molecule has 3 rings (SSSR count). The molecule has 3 nitrogen and oxygen atoms in total. The second-order valence-electron chi connectivity index (χ2n) is 6.26. The average Bonchev–Trinajstić information content (AvgIpc) is 2.53. The standard InChI is InChI=1S/C20H23N3/c1-14(2)22-13-16-7-5-6-15(10-16)11-17-12-20(21)23-19-9-4-3-8-18(17)19/h3-10,12,14,22H,11,13H2,1-2H3,(H2,21,23). The zero-order valence-corrected chi connectivity index (χ0v) is 13.7. The Labute approximate surface area is 137 Å². The van der Waals surface area contributed by atoms with Gasteiger partial charge in [0.15, 0.2) is 0 Å². The number of nitrogens with one attached hydrogen (secondary N) is 1. The van der Waals surface area contributed by atoms with Crippen molar-refractivity contribution in [3.8, 4) is 0 Å². The molecular weight excluding hydrogens is 282 g/mol. The van der Waals surface area contributed by atoms with Gasteiger partial charge in [-0.25, -0.2) is 4.98 Å². The van der Waals surface area contributed by atoms with E-state index in [0.29, 0.717) is 11.9 Å². The summed E-state index contributed by atoms with van der Waals surface area (Å²) in [7, 11) is 0. The molecule has 0 atom stereocenters. The Kier molecular flexibility index (Phi) is 4.58. The third kappa shape index (κ3) is 3.88. The fourth-order valence-electron chi connectivity index (χ4n) is 2.81. The number of fused-ring (bicyclic) bond motifs is 1. The minimum atomic E-state index is 0.489. The molecule has 0 bridgehead atoms. The lowest BCUT2D eigenvalue weighted by Gasteiger charge is -2.11. The quantitative estimate of drug-likeness (QED) is 0.751. The number of hydrogen-bond acceptors (Lipinski definition) is 3. The van der Waals surface area contributed by atoms with E-state index in [1.807, 2.05) is 24.3 Å². The Hall–Kier alpha value is -2.39. The van der Waals surface area contributed by atoms with Crippen molar-refractivity contribution in [3.05, 3.63) is 71.3 Å². The van der Waals surface area contributed by atoms with Gasteiger partial charge >= 0.3 is 0 Å². The molecule has 3 N–H and O–H groups in total. The van der Waals surface area contributed by atoms with Crippen LogP contribution in [0.25, 0.3) is 10.9 Å². The Morgan fingerprint density at radius 1 is 1.00 bits per heavy atom. The van der Waals surface area contributed by atoms with Crippen LogP contribution in [0.5, 0.6) is 0 Å². The monoisotopic (exact) mass is 305 g/mol. The van der Waals surface area contributed by atoms with E-state index in [2.05, 4.69) is 54.5 Å². The molecule has 0 amide bonds. The molecule has 3 aromatic rings. The van der Waals surface area contributed by atoms with Gasteiger partial charge in [-0.15, -0.1) is 0 Å². The molecule has 0 fully saturated rings. The number of pyridine rings is 1. The van der Waals surface area contributed by atoms with E-state index >= 15 is 0 Å². The van der Waals surface area contributed by atoms with Crippen molar-refractivity contribution in [2.75, 3.05) is 5.73 Å². The lowest BCUT2D eigenvalue weighted by atomic mass is 9.99. The largest absolute Gasteiger partial charge is 0.384 e. The SMILES string of the molecule is CC(C)NCc1cccc(Cc2cc(N)nc3ccccc23)c1. The summed E-state index contributed by atoms with van der Waals surface area (Å²) in [4.78, 5) is 4.41. The molecule has 0 spiro atoms. The van der Waals surface area contributed by atoms with Crippen LogP contribution in [0.4, 0.5) is 5.82 Å². The van der Waals surface area contributed by atoms with Gasteiger partial charge in [0.1, 0.15) is 5.82 Å². The second-order valence-corrected chi connectivity index (χ2v) is 6.26. The first-order valence-corrected chi connectivity index (χ1v) is 8.07. The summed E-state index contributed by atoms with van der Waals surface area (Å²) in [6.07, 6.45) is 0.864. The van der Waals surface area contributed by atoms with E-state index in [0.717, 1.165) is 18.5 Å². The molecule has 0 radical (unpaired) electrons. The van der Waals surface area contributed by atoms with Gasteiger partial charge in [0, 0.05) is 18.0 Å². The number of benzene rings is 2. The van der Waals surface area contributed by atoms with E-state index in [1.54, 1.807) is 0 Å². The van der Waals surface area contributed by atoms with Crippen molar-refractivity contribution in [3.63, 3.8) is 0 Å². The minimum absolute atomic E-state index is 0.489. The maximum absolute atomic E-state index is 5.97. The topological polar surface area (TPSA) is 50.9 Å². The van der Waals surface area contributed by atoms with Gasteiger partial charge < -0.3 is 11.1 Å². The molecule has 1 aromatic heterocycles. The van der Waals surface area contributed by atoms with Crippen molar-refractivity contribution in [2.24, 2.45) is 0 Å². The molecule has 0 saturated heterocycles. The van der Waals surface area contributed by atoms with Crippen molar-refractivity contribution < 1.29 is 0 Å². The normalized spacial score (nSPS) is 11.3. The molecule has 2 aromatic carbocycles. The Bertz CT molecular complexity index is 809. The van der Waals surface area contributed by atoms with E-state index in [9.17, 15) is 0 Å². The molecule has 0 aliphatic heterocycles. The van der Waals surface area contributed by atoms with E-state index in [1.165, 1.54) is 22.1 Å². The highest BCUT2D eigenvalue weighted by molar-refractivity contribution is 5.84. The first-order valence-electron chi connectivity index (χ1n) is 8.07. The van der Waals surface area contributed by atoms with Gasteiger partial charge in [-0.05, 0) is 35.2 Å². The number of rotatable bonds is 5. The first kappa shape index (κ1) is 15.5. The maximum Gasteiger partial charge on any atom is 0.124 e. The van der Waals surface area contributed by atoms with Crippen LogP contribution < -0.4 is 11.1 Å². The number of nitrogens with zero attached hydrogens (tertiary/aromatic N) is 1. The summed E-state index contributed by atoms with van der Waals surface area (Å²) < 4.78 is 0. The number of nitrogen functional groups attached to an aromatic ring is 1. The number of aromatic nitrogens is 1. The van der Waals surface area contributed by atoms with Crippen LogP contribution in [0.1, 0.15) is 30.5 Å². The molecule has 0 aliphatic carbocycles. The zero-order valence-electron chi connectivity index (χ0n) is 13.7. The highest BCUT2D eigenvalue weighted by Crippen LogP contribution is 2.22. The van der Waals surface area contributed by atoms with E-state index in [4.69, 9.17) is 5.73 Å². The summed E-state index contributed by atoms with van der Waals surface area (Å²) in [5.41, 5.74) is 10.8. The maximum atomic E-state index is 5.97. The molecule has 0 aliphatic rings. The molecule has 1 heterocycles. The lowest BCUT2D eigenvalue weighted by Crippen LogP contribution is -2.21. The predicted octanol–water partition coefficient (Wildman–Crippen LogP) is 3.91. The van der Waals surface area contributed by atoms with Gasteiger partial charge in [0.2, 0.25) is 0 Å². The number of anilines is 1. The highest BCUT2D eigenvalue weighted by Gasteiger charge is 2.06. The summed E-state index contributed by atoms with van der Waals surface area (Å²) in [6, 6.07) is 19.4. The number of nitrogens with two attached hydrogens (primary N) is 1. The Morgan fingerprint density at radius 2 is 1.78 bits per heavy atom. The molecular formula is C20H23N3. The molecule has 23 heavy (non-hydrogen) atoms. The van der Waals surface area contributed by atoms with Gasteiger partial charge in [0.05, 0.1) is 5.52 Å². The summed E-state index contributed by atoms with van der Waals surface area (Å²) in [6.45, 7) is 5.22. The number of para-hydroxylation sites is 1. The van der Waals surface area contributed by atoms with Crippen LogP contribution in [0.2, 0.25) is 0 Å². The Morgan fingerprint density at radius 3 is 2.61 bits per heavy atom. The smallest absolute Gasteiger partial charge is 0.124 e. The zero-order chi connectivity index (χ0) is 16.2. The van der Waals surface area contributed by atoms with Crippen molar-refractivity contribution in [2.45, 2.75) is 32.9 Å². The third-order valence-corrected chi connectivity index (χ3v) is 3.92. The molecule has 118 valence electrons. The molecule has 3 heteroatoms. The van der Waals surface area contributed by atoms with Crippen LogP contribution in [-0.4, -0.2) is 11.0 Å². The molecule has 0 saturated carbocycles. The average molecular weight is 305 g/mol. The third-order valence-electron chi connectivity index (χ3n) is 3.92. The second kappa shape index (κ2) is 6.80. The fraction of sp³-hybridized carbons (Fsp3) is 0.250. The van der Waals surface area contributed by atoms with Crippen LogP contribution in [0.3, 0.4) is 0 Å². The highest BCUT2D eigenvalue weighted by atomic mass is 14.9. The summed E-state index contributed by atoms with van der Waals surface area (Å²) in [5, 5.41) is 4.64. The van der Waals surface area contributed by atoms with Gasteiger partial charge in [-0.1, -0.05) is 56.3 Å². The lowest BCUT2D eigenvalue weighted by molar-refractivity contribution is 0.588. The van der Waals surface area contributed by atoms with Crippen molar-refractivity contribution in [1.82, 2.24) is 10.3 Å². The minimum Gasteiger partial charge on any atom is -0.384 e. The fourth-order valence-corrected chi connectivity index (χ4v) is 2.81. The summed E-state index contributed by atoms with van der Waals surface area (Å²) in [5.74, 6) is 0.580. The van der Waals surface area contributed by atoms with Gasteiger partial charge in [0.25, 0.3) is 0 Å². The Balaban J connectivity index is 1.89. The number of hydrogen-bond donors (Lipinski definition) is 2. The van der Waals surface area contributed by atoms with Crippen LogP contribution in [0, 0.1) is 0 Å². The van der Waals surface area contributed by atoms with Crippen molar-refractivity contribution >= 4 is 16.7 Å². The molecule has 0 unspecified atom stereocenters. The van der Waals surface area contributed by atoms with Gasteiger partial charge in [-0.2, -0.15) is 0 Å². The summed E-state index contributed by atoms with van der Waals surface area (Å²) >= 11 is 0. The predicted molar refractivity (Wildman–Crippen MR) is 97.4 cm³/mol.